The molecule has 0 aliphatic carbocycles. The van der Waals surface area contributed by atoms with Crippen LogP contribution >= 0.6 is 0 Å². The minimum absolute atomic E-state index is 0.553. The first kappa shape index (κ1) is 10.3. The van der Waals surface area contributed by atoms with Gasteiger partial charge in [-0.05, 0) is 17.9 Å². The van der Waals surface area contributed by atoms with Gasteiger partial charge in [0.2, 0.25) is 0 Å². The molecule has 0 aromatic heterocycles. The van der Waals surface area contributed by atoms with E-state index >= 15 is 0 Å². The fraction of sp³-hybridized carbons (Fsp3) is 0.571. The van der Waals surface area contributed by atoms with Crippen LogP contribution < -0.4 is 0 Å². The smallest absolute Gasteiger partial charge is 0.0968 e. The fourth-order valence-corrected chi connectivity index (χ4v) is 2.69. The van der Waals surface area contributed by atoms with E-state index in [1.54, 1.807) is 0 Å². The van der Waals surface area contributed by atoms with Gasteiger partial charge in [-0.25, -0.2) is 0 Å². The van der Waals surface area contributed by atoms with E-state index in [4.69, 9.17) is 4.74 Å². The number of benzene rings is 1. The average molecular weight is 217 g/mol. The summed E-state index contributed by atoms with van der Waals surface area (Å²) in [6.07, 6.45) is 2.38. The molecule has 0 saturated carbocycles. The summed E-state index contributed by atoms with van der Waals surface area (Å²) in [7, 11) is 0. The number of fused-ring (bicyclic) bond motifs is 1. The molecule has 1 aromatic rings. The van der Waals surface area contributed by atoms with Crippen LogP contribution in [0.2, 0.25) is 0 Å². The highest BCUT2D eigenvalue weighted by atomic mass is 16.6. The van der Waals surface area contributed by atoms with Crippen molar-refractivity contribution in [2.24, 2.45) is 0 Å². The van der Waals surface area contributed by atoms with Crippen molar-refractivity contribution < 1.29 is 4.74 Å². The van der Waals surface area contributed by atoms with Crippen LogP contribution in [-0.2, 0) is 4.74 Å². The standard InChI is InChI=1S/C14H19NO/c1-11(12-5-3-2-4-6-12)9-15-8-7-13-14(10-15)16-13/h2-6,11,13-14H,7-10H2,1H3. The van der Waals surface area contributed by atoms with E-state index in [2.05, 4.69) is 42.2 Å². The maximum atomic E-state index is 5.55. The lowest BCUT2D eigenvalue weighted by Gasteiger charge is -2.27. The van der Waals surface area contributed by atoms with Gasteiger partial charge in [0, 0.05) is 19.6 Å². The molecule has 2 fully saturated rings. The van der Waals surface area contributed by atoms with Crippen molar-refractivity contribution in [1.29, 1.82) is 0 Å². The van der Waals surface area contributed by atoms with Gasteiger partial charge in [0.25, 0.3) is 0 Å². The third kappa shape index (κ3) is 2.13. The molecule has 0 spiro atoms. The molecule has 3 atom stereocenters. The molecule has 2 aliphatic rings. The van der Waals surface area contributed by atoms with Crippen LogP contribution in [-0.4, -0.2) is 36.7 Å². The summed E-state index contributed by atoms with van der Waals surface area (Å²) >= 11 is 0. The van der Waals surface area contributed by atoms with Crippen molar-refractivity contribution in [1.82, 2.24) is 4.90 Å². The summed E-state index contributed by atoms with van der Waals surface area (Å²) in [6, 6.07) is 10.8. The Hall–Kier alpha value is -0.860. The monoisotopic (exact) mass is 217 g/mol. The molecule has 2 nitrogen and oxygen atoms in total. The Bertz CT molecular complexity index is 351. The van der Waals surface area contributed by atoms with Gasteiger partial charge in [-0.15, -0.1) is 0 Å². The zero-order valence-corrected chi connectivity index (χ0v) is 9.80. The molecule has 1 aromatic carbocycles. The van der Waals surface area contributed by atoms with Crippen molar-refractivity contribution in [2.75, 3.05) is 19.6 Å². The second kappa shape index (κ2) is 4.19. The van der Waals surface area contributed by atoms with Gasteiger partial charge in [0.15, 0.2) is 0 Å². The first-order chi connectivity index (χ1) is 7.83. The van der Waals surface area contributed by atoms with Gasteiger partial charge in [0.05, 0.1) is 12.2 Å². The number of likely N-dealkylation sites (tertiary alicyclic amines) is 1. The van der Waals surface area contributed by atoms with E-state index in [0.717, 1.165) is 13.1 Å². The Kier molecular flexibility index (Phi) is 2.70. The second-order valence-electron chi connectivity index (χ2n) is 5.07. The Morgan fingerprint density at radius 1 is 1.31 bits per heavy atom. The minimum Gasteiger partial charge on any atom is -0.368 e. The molecule has 16 heavy (non-hydrogen) atoms. The largest absolute Gasteiger partial charge is 0.368 e. The van der Waals surface area contributed by atoms with Crippen LogP contribution in [0.25, 0.3) is 0 Å². The highest BCUT2D eigenvalue weighted by Gasteiger charge is 2.43. The highest BCUT2D eigenvalue weighted by Crippen LogP contribution is 2.31. The Morgan fingerprint density at radius 3 is 2.88 bits per heavy atom. The van der Waals surface area contributed by atoms with Crippen molar-refractivity contribution >= 4 is 0 Å². The van der Waals surface area contributed by atoms with Gasteiger partial charge < -0.3 is 4.74 Å². The summed E-state index contributed by atoms with van der Waals surface area (Å²) < 4.78 is 5.55. The zero-order chi connectivity index (χ0) is 11.0. The first-order valence-electron chi connectivity index (χ1n) is 6.25. The SMILES string of the molecule is CC(CN1CCC2OC2C1)c1ccccc1. The zero-order valence-electron chi connectivity index (χ0n) is 9.80. The van der Waals surface area contributed by atoms with Crippen LogP contribution in [0.1, 0.15) is 24.8 Å². The average Bonchev–Trinajstić information content (AvgIpc) is 3.08. The lowest BCUT2D eigenvalue weighted by atomic mass is 9.99. The lowest BCUT2D eigenvalue weighted by Crippen LogP contribution is -2.36. The van der Waals surface area contributed by atoms with Crippen molar-refractivity contribution in [3.63, 3.8) is 0 Å². The predicted molar refractivity (Wildman–Crippen MR) is 64.6 cm³/mol. The summed E-state index contributed by atoms with van der Waals surface area (Å²) in [5.74, 6) is 0.622. The summed E-state index contributed by atoms with van der Waals surface area (Å²) in [5, 5.41) is 0. The lowest BCUT2D eigenvalue weighted by molar-refractivity contribution is 0.234. The number of epoxide rings is 1. The third-order valence-electron chi connectivity index (χ3n) is 3.76. The highest BCUT2D eigenvalue weighted by molar-refractivity contribution is 5.19. The summed E-state index contributed by atoms with van der Waals surface area (Å²) in [4.78, 5) is 2.55. The number of hydrogen-bond donors (Lipinski definition) is 0. The van der Waals surface area contributed by atoms with E-state index in [0.29, 0.717) is 18.1 Å². The van der Waals surface area contributed by atoms with E-state index in [9.17, 15) is 0 Å². The molecular formula is C14H19NO. The third-order valence-corrected chi connectivity index (χ3v) is 3.76. The summed E-state index contributed by atoms with van der Waals surface area (Å²) in [5.41, 5.74) is 1.45. The molecule has 0 N–H and O–H groups in total. The number of nitrogens with zero attached hydrogens (tertiary/aromatic N) is 1. The van der Waals surface area contributed by atoms with Crippen LogP contribution in [0, 0.1) is 0 Å². The van der Waals surface area contributed by atoms with Crippen molar-refractivity contribution in [3.05, 3.63) is 35.9 Å². The maximum Gasteiger partial charge on any atom is 0.0968 e. The van der Waals surface area contributed by atoms with Crippen LogP contribution in [0.15, 0.2) is 30.3 Å². The van der Waals surface area contributed by atoms with Gasteiger partial charge in [-0.2, -0.15) is 0 Å². The first-order valence-corrected chi connectivity index (χ1v) is 6.25. The Labute approximate surface area is 97.2 Å². The maximum absolute atomic E-state index is 5.55. The van der Waals surface area contributed by atoms with Gasteiger partial charge in [-0.1, -0.05) is 37.3 Å². The fourth-order valence-electron chi connectivity index (χ4n) is 2.69. The molecule has 0 radical (unpaired) electrons. The molecule has 2 heterocycles. The molecule has 3 unspecified atom stereocenters. The molecule has 2 saturated heterocycles. The predicted octanol–water partition coefficient (Wildman–Crippen LogP) is 2.26. The number of ether oxygens (including phenoxy) is 1. The number of hydrogen-bond acceptors (Lipinski definition) is 2. The number of piperidine rings is 1. The van der Waals surface area contributed by atoms with E-state index < -0.39 is 0 Å². The normalized spacial score (nSPS) is 30.8. The molecular weight excluding hydrogens is 198 g/mol. The van der Waals surface area contributed by atoms with Crippen LogP contribution in [0.3, 0.4) is 0 Å². The van der Waals surface area contributed by atoms with Crippen LogP contribution in [0.5, 0.6) is 0 Å². The topological polar surface area (TPSA) is 15.8 Å². The minimum atomic E-state index is 0.553. The second-order valence-corrected chi connectivity index (χ2v) is 5.07. The quantitative estimate of drug-likeness (QED) is 0.722. The van der Waals surface area contributed by atoms with E-state index in [-0.39, 0.29) is 0 Å². The Balaban J connectivity index is 1.57. The van der Waals surface area contributed by atoms with E-state index in [1.165, 1.54) is 18.5 Å². The van der Waals surface area contributed by atoms with Crippen molar-refractivity contribution in [2.45, 2.75) is 31.5 Å². The van der Waals surface area contributed by atoms with Crippen molar-refractivity contribution in [3.8, 4) is 0 Å². The molecule has 2 heteroatoms. The number of rotatable bonds is 3. The molecule has 3 rings (SSSR count). The molecule has 0 bridgehead atoms. The molecule has 2 aliphatic heterocycles. The molecule has 0 amide bonds. The Morgan fingerprint density at radius 2 is 2.12 bits per heavy atom. The molecule has 86 valence electrons. The van der Waals surface area contributed by atoms with Gasteiger partial charge >= 0.3 is 0 Å². The van der Waals surface area contributed by atoms with Gasteiger partial charge in [-0.3, -0.25) is 4.90 Å². The van der Waals surface area contributed by atoms with E-state index in [1.807, 2.05) is 0 Å². The van der Waals surface area contributed by atoms with Gasteiger partial charge in [0.1, 0.15) is 0 Å². The van der Waals surface area contributed by atoms with Crippen LogP contribution in [0.4, 0.5) is 0 Å². The summed E-state index contributed by atoms with van der Waals surface area (Å²) in [6.45, 7) is 5.83.